The quantitative estimate of drug-likeness (QED) is 0.427. The molecule has 0 aliphatic rings. The van der Waals surface area contributed by atoms with Gasteiger partial charge in [0.25, 0.3) is 5.91 Å². The van der Waals surface area contributed by atoms with Crippen molar-refractivity contribution in [1.29, 1.82) is 0 Å². The van der Waals surface area contributed by atoms with Gasteiger partial charge in [-0.1, -0.05) is 41.9 Å². The second-order valence-electron chi connectivity index (χ2n) is 7.61. The standard InChI is InChI=1S/C23H23ClF3N3O3/c1-14(12-33-13-23(25,26)27)29-22(32)20(30-21(31)17-7-2-4-8-18(17)24)10-15-11-28-19-9-5-3-6-16(15)19/h2-9,11,14,20,28H,10,12-13H2,1H3,(H,29,32)(H,30,31). The minimum atomic E-state index is -4.45. The second-order valence-corrected chi connectivity index (χ2v) is 8.02. The topological polar surface area (TPSA) is 83.2 Å². The summed E-state index contributed by atoms with van der Waals surface area (Å²) in [5, 5.41) is 6.43. The Kier molecular flexibility index (Phi) is 7.99. The van der Waals surface area contributed by atoms with Crippen molar-refractivity contribution >= 4 is 34.3 Å². The third-order valence-corrected chi connectivity index (χ3v) is 5.19. The number of halogens is 4. The predicted molar refractivity (Wildman–Crippen MR) is 119 cm³/mol. The zero-order chi connectivity index (χ0) is 24.0. The van der Waals surface area contributed by atoms with Gasteiger partial charge in [0, 0.05) is 29.6 Å². The lowest BCUT2D eigenvalue weighted by molar-refractivity contribution is -0.175. The maximum atomic E-state index is 13.0. The molecule has 2 atom stereocenters. The number of hydrogen-bond acceptors (Lipinski definition) is 3. The summed E-state index contributed by atoms with van der Waals surface area (Å²) in [7, 11) is 0. The van der Waals surface area contributed by atoms with Crippen LogP contribution in [0.1, 0.15) is 22.8 Å². The van der Waals surface area contributed by atoms with Crippen LogP contribution in [0.5, 0.6) is 0 Å². The zero-order valence-electron chi connectivity index (χ0n) is 17.7. The SMILES string of the molecule is CC(COCC(F)(F)F)NC(=O)C(Cc1c[nH]c2ccccc12)NC(=O)c1ccccc1Cl. The molecule has 0 aliphatic carbocycles. The van der Waals surface area contributed by atoms with Crippen LogP contribution in [0.15, 0.2) is 54.7 Å². The van der Waals surface area contributed by atoms with E-state index in [-0.39, 0.29) is 23.6 Å². The lowest BCUT2D eigenvalue weighted by atomic mass is 10.0. The van der Waals surface area contributed by atoms with Gasteiger partial charge in [-0.3, -0.25) is 9.59 Å². The highest BCUT2D eigenvalue weighted by molar-refractivity contribution is 6.33. The average Bonchev–Trinajstić information content (AvgIpc) is 3.15. The van der Waals surface area contributed by atoms with Crippen LogP contribution >= 0.6 is 11.6 Å². The first-order valence-electron chi connectivity index (χ1n) is 10.2. The number of rotatable bonds is 9. The Morgan fingerprint density at radius 3 is 2.52 bits per heavy atom. The van der Waals surface area contributed by atoms with E-state index in [4.69, 9.17) is 11.6 Å². The third kappa shape index (κ3) is 6.97. The van der Waals surface area contributed by atoms with Crippen LogP contribution in [0.4, 0.5) is 13.2 Å². The van der Waals surface area contributed by atoms with E-state index < -0.39 is 36.7 Å². The fraction of sp³-hybridized carbons (Fsp3) is 0.304. The maximum Gasteiger partial charge on any atom is 0.411 e. The molecule has 1 heterocycles. The summed E-state index contributed by atoms with van der Waals surface area (Å²) >= 11 is 6.11. The Morgan fingerprint density at radius 2 is 1.79 bits per heavy atom. The zero-order valence-corrected chi connectivity index (χ0v) is 18.5. The van der Waals surface area contributed by atoms with Gasteiger partial charge in [-0.2, -0.15) is 13.2 Å². The summed E-state index contributed by atoms with van der Waals surface area (Å²) < 4.78 is 41.5. The van der Waals surface area contributed by atoms with Crippen molar-refractivity contribution in [2.45, 2.75) is 31.6 Å². The monoisotopic (exact) mass is 481 g/mol. The number of hydrogen-bond donors (Lipinski definition) is 3. The number of fused-ring (bicyclic) bond motifs is 1. The minimum Gasteiger partial charge on any atom is -0.370 e. The fourth-order valence-electron chi connectivity index (χ4n) is 3.35. The number of amides is 2. The van der Waals surface area contributed by atoms with Crippen molar-refractivity contribution < 1.29 is 27.5 Å². The molecule has 1 aromatic heterocycles. The number of aromatic amines is 1. The van der Waals surface area contributed by atoms with Crippen LogP contribution in [0.2, 0.25) is 5.02 Å². The lowest BCUT2D eigenvalue weighted by Gasteiger charge is -2.22. The lowest BCUT2D eigenvalue weighted by Crippen LogP contribution is -2.51. The Bertz CT molecular complexity index is 1120. The van der Waals surface area contributed by atoms with Crippen LogP contribution in [-0.2, 0) is 16.0 Å². The normalized spacial score (nSPS) is 13.5. The number of para-hydroxylation sites is 1. The molecular formula is C23H23ClF3N3O3. The summed E-state index contributed by atoms with van der Waals surface area (Å²) in [5.74, 6) is -1.09. The van der Waals surface area contributed by atoms with Crippen molar-refractivity contribution in [3.05, 3.63) is 70.9 Å². The number of nitrogens with one attached hydrogen (secondary N) is 3. The highest BCUT2D eigenvalue weighted by Crippen LogP contribution is 2.20. The van der Waals surface area contributed by atoms with Gasteiger partial charge < -0.3 is 20.4 Å². The van der Waals surface area contributed by atoms with Crippen molar-refractivity contribution in [1.82, 2.24) is 15.6 Å². The molecule has 0 bridgehead atoms. The van der Waals surface area contributed by atoms with E-state index >= 15 is 0 Å². The first kappa shape index (κ1) is 24.6. The van der Waals surface area contributed by atoms with E-state index in [1.807, 2.05) is 24.3 Å². The van der Waals surface area contributed by atoms with Crippen LogP contribution in [-0.4, -0.2) is 48.3 Å². The molecule has 2 unspecified atom stereocenters. The molecule has 3 aromatic rings. The van der Waals surface area contributed by atoms with E-state index in [2.05, 4.69) is 20.4 Å². The largest absolute Gasteiger partial charge is 0.411 e. The van der Waals surface area contributed by atoms with Gasteiger partial charge in [0.1, 0.15) is 12.6 Å². The van der Waals surface area contributed by atoms with E-state index in [0.717, 1.165) is 16.5 Å². The van der Waals surface area contributed by atoms with Crippen LogP contribution in [0, 0.1) is 0 Å². The van der Waals surface area contributed by atoms with E-state index in [1.54, 1.807) is 24.4 Å². The number of benzene rings is 2. The van der Waals surface area contributed by atoms with Crippen LogP contribution in [0.25, 0.3) is 10.9 Å². The Hall–Kier alpha value is -3.04. The van der Waals surface area contributed by atoms with Crippen LogP contribution < -0.4 is 10.6 Å². The molecule has 0 aliphatic heterocycles. The molecule has 0 saturated heterocycles. The van der Waals surface area contributed by atoms with E-state index in [9.17, 15) is 22.8 Å². The van der Waals surface area contributed by atoms with Gasteiger partial charge in [0.15, 0.2) is 0 Å². The smallest absolute Gasteiger partial charge is 0.370 e. The molecule has 0 fully saturated rings. The van der Waals surface area contributed by atoms with Crippen molar-refractivity contribution in [3.8, 4) is 0 Å². The molecule has 176 valence electrons. The number of ether oxygens (including phenoxy) is 1. The minimum absolute atomic E-state index is 0.155. The Labute approximate surface area is 193 Å². The Morgan fingerprint density at radius 1 is 1.09 bits per heavy atom. The van der Waals surface area contributed by atoms with E-state index in [0.29, 0.717) is 0 Å². The van der Waals surface area contributed by atoms with Crippen molar-refractivity contribution in [3.63, 3.8) is 0 Å². The van der Waals surface area contributed by atoms with Crippen molar-refractivity contribution in [2.24, 2.45) is 0 Å². The third-order valence-electron chi connectivity index (χ3n) is 4.86. The first-order chi connectivity index (χ1) is 15.6. The van der Waals surface area contributed by atoms with E-state index in [1.165, 1.54) is 13.0 Å². The Balaban J connectivity index is 1.75. The summed E-state index contributed by atoms with van der Waals surface area (Å²) in [6.45, 7) is -0.217. The predicted octanol–water partition coefficient (Wildman–Crippen LogP) is 4.25. The van der Waals surface area contributed by atoms with Crippen molar-refractivity contribution in [2.75, 3.05) is 13.2 Å². The molecule has 10 heteroatoms. The maximum absolute atomic E-state index is 13.0. The molecule has 0 radical (unpaired) electrons. The number of H-pyrrole nitrogens is 1. The number of aromatic nitrogens is 1. The second kappa shape index (κ2) is 10.7. The van der Waals surface area contributed by atoms with Gasteiger partial charge in [-0.05, 0) is 30.7 Å². The van der Waals surface area contributed by atoms with Gasteiger partial charge >= 0.3 is 6.18 Å². The number of carbonyl (C=O) groups is 2. The molecular weight excluding hydrogens is 459 g/mol. The first-order valence-corrected chi connectivity index (χ1v) is 10.6. The molecule has 3 N–H and O–H groups in total. The molecule has 2 aromatic carbocycles. The highest BCUT2D eigenvalue weighted by Gasteiger charge is 2.28. The molecule has 33 heavy (non-hydrogen) atoms. The molecule has 6 nitrogen and oxygen atoms in total. The molecule has 0 spiro atoms. The fourth-order valence-corrected chi connectivity index (χ4v) is 3.57. The number of alkyl halides is 3. The summed E-state index contributed by atoms with van der Waals surface area (Å²) in [6.07, 6.45) is -2.55. The number of carbonyl (C=O) groups excluding carboxylic acids is 2. The summed E-state index contributed by atoms with van der Waals surface area (Å²) in [6, 6.07) is 12.2. The highest BCUT2D eigenvalue weighted by atomic mass is 35.5. The molecule has 0 saturated carbocycles. The van der Waals surface area contributed by atoms with Gasteiger partial charge in [0.2, 0.25) is 5.91 Å². The van der Waals surface area contributed by atoms with Gasteiger partial charge in [0.05, 0.1) is 17.2 Å². The van der Waals surface area contributed by atoms with Crippen LogP contribution in [0.3, 0.4) is 0 Å². The average molecular weight is 482 g/mol. The molecule has 3 rings (SSSR count). The summed E-state index contributed by atoms with van der Waals surface area (Å²) in [4.78, 5) is 28.9. The van der Waals surface area contributed by atoms with Gasteiger partial charge in [-0.15, -0.1) is 0 Å². The van der Waals surface area contributed by atoms with Gasteiger partial charge in [-0.25, -0.2) is 0 Å². The molecule has 2 amide bonds. The summed E-state index contributed by atoms with van der Waals surface area (Å²) in [5.41, 5.74) is 1.88.